The molecule has 0 aromatic heterocycles. The Morgan fingerprint density at radius 2 is 1.45 bits per heavy atom. The van der Waals surface area contributed by atoms with Crippen molar-refractivity contribution in [3.05, 3.63) is 12.2 Å². The lowest BCUT2D eigenvalue weighted by molar-refractivity contribution is -0.279. The summed E-state index contributed by atoms with van der Waals surface area (Å²) < 4.78 is 24.6. The van der Waals surface area contributed by atoms with Gasteiger partial charge in [-0.1, -0.05) is 20.4 Å². The van der Waals surface area contributed by atoms with Gasteiger partial charge in [0.15, 0.2) is 11.6 Å². The highest BCUT2D eigenvalue weighted by molar-refractivity contribution is 5.30. The lowest BCUT2D eigenvalue weighted by atomic mass is 9.42. The van der Waals surface area contributed by atoms with Gasteiger partial charge in [0.1, 0.15) is 0 Å². The summed E-state index contributed by atoms with van der Waals surface area (Å²) in [5, 5.41) is 12.1. The van der Waals surface area contributed by atoms with E-state index in [0.717, 1.165) is 63.7 Å². The van der Waals surface area contributed by atoms with Crippen LogP contribution >= 0.6 is 0 Å². The molecule has 2 heterocycles. The van der Waals surface area contributed by atoms with E-state index in [1.165, 1.54) is 0 Å². The number of fused-ring (bicyclic) bond motifs is 6. The van der Waals surface area contributed by atoms with E-state index in [-0.39, 0.29) is 16.6 Å². The third kappa shape index (κ3) is 2.19. The topological polar surface area (TPSA) is 57.2 Å². The molecule has 1 N–H and O–H groups in total. The predicted molar refractivity (Wildman–Crippen MR) is 107 cm³/mol. The van der Waals surface area contributed by atoms with Crippen LogP contribution in [0.4, 0.5) is 0 Å². The zero-order valence-electron chi connectivity index (χ0n) is 18.0. The van der Waals surface area contributed by atoms with E-state index >= 15 is 0 Å². The molecule has 4 aliphatic carbocycles. The molecule has 6 rings (SSSR count). The summed E-state index contributed by atoms with van der Waals surface area (Å²) in [6.45, 7) is 11.9. The summed E-state index contributed by atoms with van der Waals surface area (Å²) in [5.74, 6) is 0.661. The van der Waals surface area contributed by atoms with E-state index < -0.39 is 11.4 Å². The Labute approximate surface area is 174 Å². The Kier molecular flexibility index (Phi) is 3.89. The molecule has 0 bridgehead atoms. The summed E-state index contributed by atoms with van der Waals surface area (Å²) in [6.07, 6.45) is 7.68. The average Bonchev–Trinajstić information content (AvgIpc) is 3.40. The first-order chi connectivity index (χ1) is 13.8. The Hall–Kier alpha value is -0.460. The van der Waals surface area contributed by atoms with E-state index in [0.29, 0.717) is 37.4 Å². The fraction of sp³-hybridized carbons (Fsp3) is 0.917. The molecule has 6 fully saturated rings. The molecule has 5 heteroatoms. The minimum atomic E-state index is -0.902. The maximum atomic E-state index is 12.1. The molecule has 5 nitrogen and oxygen atoms in total. The monoisotopic (exact) mass is 404 g/mol. The van der Waals surface area contributed by atoms with Crippen LogP contribution < -0.4 is 0 Å². The number of hydrogen-bond acceptors (Lipinski definition) is 5. The summed E-state index contributed by atoms with van der Waals surface area (Å²) in [7, 11) is 0. The van der Waals surface area contributed by atoms with Crippen molar-refractivity contribution < 1.29 is 24.1 Å². The summed E-state index contributed by atoms with van der Waals surface area (Å²) in [5.41, 5.74) is 0.00549. The number of hydrogen-bond donors (Lipinski definition) is 1. The molecular weight excluding hydrogens is 368 g/mol. The van der Waals surface area contributed by atoms with Crippen molar-refractivity contribution in [2.45, 2.75) is 82.4 Å². The minimum Gasteiger partial charge on any atom is -0.385 e. The number of aliphatic hydroxyl groups is 1. The van der Waals surface area contributed by atoms with Gasteiger partial charge in [0.2, 0.25) is 0 Å². The summed E-state index contributed by atoms with van der Waals surface area (Å²) in [6, 6.07) is 0. The molecule has 0 amide bonds. The van der Waals surface area contributed by atoms with Gasteiger partial charge in [0.25, 0.3) is 0 Å². The molecule has 0 aromatic rings. The molecule has 29 heavy (non-hydrogen) atoms. The molecule has 6 atom stereocenters. The average molecular weight is 405 g/mol. The SMILES string of the molecule is C=C1CC2C3CCC4(OCCO4)C3(C)CCC2C2(C)CCC3(CC12O)OCCO3. The third-order valence-electron chi connectivity index (χ3n) is 10.4. The van der Waals surface area contributed by atoms with Crippen LogP contribution in [0.25, 0.3) is 0 Å². The highest BCUT2D eigenvalue weighted by Crippen LogP contribution is 2.71. The van der Waals surface area contributed by atoms with Crippen molar-refractivity contribution in [1.29, 1.82) is 0 Å². The summed E-state index contributed by atoms with van der Waals surface area (Å²) >= 11 is 0. The van der Waals surface area contributed by atoms with Gasteiger partial charge < -0.3 is 24.1 Å². The van der Waals surface area contributed by atoms with Crippen LogP contribution in [0.5, 0.6) is 0 Å². The molecule has 0 aromatic carbocycles. The lowest BCUT2D eigenvalue weighted by Gasteiger charge is -2.65. The van der Waals surface area contributed by atoms with Gasteiger partial charge >= 0.3 is 0 Å². The predicted octanol–water partition coefficient (Wildman–Crippen LogP) is 3.80. The molecule has 2 saturated heterocycles. The summed E-state index contributed by atoms with van der Waals surface area (Å²) in [4.78, 5) is 0. The fourth-order valence-electron chi connectivity index (χ4n) is 8.80. The van der Waals surface area contributed by atoms with Crippen molar-refractivity contribution in [2.75, 3.05) is 26.4 Å². The first-order valence-electron chi connectivity index (χ1n) is 11.7. The van der Waals surface area contributed by atoms with Crippen molar-refractivity contribution in [1.82, 2.24) is 0 Å². The Morgan fingerprint density at radius 3 is 2.17 bits per heavy atom. The van der Waals surface area contributed by atoms with Gasteiger partial charge in [-0.05, 0) is 55.4 Å². The molecule has 2 spiro atoms. The Balaban J connectivity index is 1.35. The highest BCUT2D eigenvalue weighted by atomic mass is 16.7. The zero-order valence-corrected chi connectivity index (χ0v) is 18.0. The van der Waals surface area contributed by atoms with Crippen LogP contribution in [0.2, 0.25) is 0 Å². The minimum absolute atomic E-state index is 0.0737. The van der Waals surface area contributed by atoms with Gasteiger partial charge in [-0.3, -0.25) is 0 Å². The second kappa shape index (κ2) is 5.86. The van der Waals surface area contributed by atoms with Gasteiger partial charge in [-0.25, -0.2) is 0 Å². The molecule has 0 radical (unpaired) electrons. The van der Waals surface area contributed by atoms with Crippen molar-refractivity contribution >= 4 is 0 Å². The molecule has 6 unspecified atom stereocenters. The number of rotatable bonds is 0. The zero-order chi connectivity index (χ0) is 20.1. The van der Waals surface area contributed by atoms with Crippen LogP contribution in [0.3, 0.4) is 0 Å². The third-order valence-corrected chi connectivity index (χ3v) is 10.4. The van der Waals surface area contributed by atoms with E-state index in [9.17, 15) is 5.11 Å². The van der Waals surface area contributed by atoms with Gasteiger partial charge in [-0.15, -0.1) is 0 Å². The number of ether oxygens (including phenoxy) is 4. The largest absolute Gasteiger partial charge is 0.385 e. The van der Waals surface area contributed by atoms with E-state index in [1.54, 1.807) is 0 Å². The quantitative estimate of drug-likeness (QED) is 0.623. The molecule has 6 aliphatic rings. The van der Waals surface area contributed by atoms with E-state index in [2.05, 4.69) is 20.4 Å². The molecule has 162 valence electrons. The van der Waals surface area contributed by atoms with E-state index in [4.69, 9.17) is 18.9 Å². The van der Waals surface area contributed by atoms with E-state index in [1.807, 2.05) is 0 Å². The maximum absolute atomic E-state index is 12.1. The molecular formula is C24H36O5. The maximum Gasteiger partial charge on any atom is 0.174 e. The fourth-order valence-corrected chi connectivity index (χ4v) is 8.80. The Morgan fingerprint density at radius 1 is 0.828 bits per heavy atom. The smallest absolute Gasteiger partial charge is 0.174 e. The van der Waals surface area contributed by atoms with Crippen molar-refractivity contribution in [2.24, 2.45) is 28.6 Å². The standard InChI is InChI=1S/C24H36O5/c1-16-14-17-18(4-6-21(3)19(17)5-7-24(21)28-12-13-29-24)20(2)8-9-22(15-23(16,20)25)26-10-11-27-22/h17-19,25H,1,4-15H2,2-3H3. The van der Waals surface area contributed by atoms with Crippen LogP contribution in [0.15, 0.2) is 12.2 Å². The second-order valence-electron chi connectivity index (χ2n) is 11.2. The van der Waals surface area contributed by atoms with Gasteiger partial charge in [0, 0.05) is 30.1 Å². The molecule has 2 aliphatic heterocycles. The van der Waals surface area contributed by atoms with Crippen molar-refractivity contribution in [3.63, 3.8) is 0 Å². The first kappa shape index (κ1) is 19.2. The second-order valence-corrected chi connectivity index (χ2v) is 11.2. The van der Waals surface area contributed by atoms with Crippen molar-refractivity contribution in [3.8, 4) is 0 Å². The first-order valence-corrected chi connectivity index (χ1v) is 11.7. The normalized spacial score (nSPS) is 52.5. The Bertz CT molecular complexity index is 723. The van der Waals surface area contributed by atoms with Crippen LogP contribution in [-0.2, 0) is 18.9 Å². The highest BCUT2D eigenvalue weighted by Gasteiger charge is 2.71. The van der Waals surface area contributed by atoms with Crippen LogP contribution in [-0.4, -0.2) is 48.7 Å². The lowest BCUT2D eigenvalue weighted by Crippen LogP contribution is -2.66. The molecule has 4 saturated carbocycles. The van der Waals surface area contributed by atoms with Gasteiger partial charge in [0.05, 0.1) is 32.0 Å². The van der Waals surface area contributed by atoms with Gasteiger partial charge in [-0.2, -0.15) is 0 Å². The van der Waals surface area contributed by atoms with Crippen LogP contribution in [0.1, 0.15) is 65.2 Å². The van der Waals surface area contributed by atoms with Crippen LogP contribution in [0, 0.1) is 28.6 Å².